The van der Waals surface area contributed by atoms with Crippen LogP contribution in [0.2, 0.25) is 0 Å². The van der Waals surface area contributed by atoms with Gasteiger partial charge in [0.1, 0.15) is 17.8 Å². The van der Waals surface area contributed by atoms with Crippen molar-refractivity contribution in [1.82, 2.24) is 14.5 Å². The summed E-state index contributed by atoms with van der Waals surface area (Å²) >= 11 is 0. The molecular weight excluding hydrogens is 340 g/mol. The second kappa shape index (κ2) is 7.82. The lowest BCUT2D eigenvalue weighted by Gasteiger charge is -2.18. The van der Waals surface area contributed by atoms with Gasteiger partial charge in [0.15, 0.2) is 0 Å². The molecule has 4 N–H and O–H groups in total. The van der Waals surface area contributed by atoms with E-state index < -0.39 is 17.9 Å². The van der Waals surface area contributed by atoms with Crippen LogP contribution in [0.5, 0.6) is 0 Å². The molecule has 0 aliphatic rings. The molecule has 2 aromatic heterocycles. The molecule has 0 aliphatic heterocycles. The number of benzene rings is 1. The van der Waals surface area contributed by atoms with E-state index in [0.717, 1.165) is 23.2 Å². The molecule has 7 heteroatoms. The molecule has 0 radical (unpaired) electrons. The molecular formula is C20H22N6O. The molecule has 0 aliphatic carbocycles. The molecule has 3 aromatic rings. The highest BCUT2D eigenvalue weighted by Crippen LogP contribution is 2.27. The highest BCUT2D eigenvalue weighted by molar-refractivity contribution is 6.20. The summed E-state index contributed by atoms with van der Waals surface area (Å²) in [4.78, 5) is 24.3. The predicted octanol–water partition coefficient (Wildman–Crippen LogP) is 2.39. The van der Waals surface area contributed by atoms with E-state index in [4.69, 9.17) is 16.1 Å². The van der Waals surface area contributed by atoms with Crippen LogP contribution >= 0.6 is 0 Å². The molecule has 0 saturated carbocycles. The first-order valence-electron chi connectivity index (χ1n) is 8.56. The number of aromatic amines is 1. The van der Waals surface area contributed by atoms with Gasteiger partial charge in [0.25, 0.3) is 0 Å². The third kappa shape index (κ3) is 3.87. The van der Waals surface area contributed by atoms with Gasteiger partial charge in [-0.05, 0) is 24.6 Å². The quantitative estimate of drug-likeness (QED) is 0.560. The van der Waals surface area contributed by atoms with Gasteiger partial charge >= 0.3 is 0 Å². The van der Waals surface area contributed by atoms with E-state index in [1.54, 1.807) is 12.4 Å². The Morgan fingerprint density at radius 3 is 2.74 bits per heavy atom. The largest absolute Gasteiger partial charge is 0.369 e. The SMILES string of the molecule is Cc1cccc(C(N=C(c2ccc[nH]2)C(C=N)C(N)=O)c2nccn2C)c1. The van der Waals surface area contributed by atoms with E-state index >= 15 is 0 Å². The van der Waals surface area contributed by atoms with Crippen LogP contribution in [-0.4, -0.2) is 32.4 Å². The summed E-state index contributed by atoms with van der Waals surface area (Å²) in [6.07, 6.45) is 6.33. The fourth-order valence-corrected chi connectivity index (χ4v) is 3.00. The summed E-state index contributed by atoms with van der Waals surface area (Å²) in [7, 11) is 1.90. The fraction of sp³-hybridized carbons (Fsp3) is 0.200. The summed E-state index contributed by atoms with van der Waals surface area (Å²) in [6, 6.07) is 11.2. The van der Waals surface area contributed by atoms with Crippen LogP contribution in [0.4, 0.5) is 0 Å². The number of amides is 1. The first-order valence-corrected chi connectivity index (χ1v) is 8.56. The van der Waals surface area contributed by atoms with E-state index in [1.807, 2.05) is 61.1 Å². The zero-order chi connectivity index (χ0) is 19.4. The van der Waals surface area contributed by atoms with Crippen molar-refractivity contribution in [3.05, 3.63) is 77.6 Å². The maximum absolute atomic E-state index is 11.9. The fourth-order valence-electron chi connectivity index (χ4n) is 3.00. The molecule has 7 nitrogen and oxygen atoms in total. The number of carbonyl (C=O) groups is 1. The topological polar surface area (TPSA) is 113 Å². The van der Waals surface area contributed by atoms with Crippen molar-refractivity contribution in [1.29, 1.82) is 5.41 Å². The van der Waals surface area contributed by atoms with Gasteiger partial charge in [-0.25, -0.2) is 4.98 Å². The number of rotatable bonds is 7. The number of nitrogens with zero attached hydrogens (tertiary/aromatic N) is 3. The van der Waals surface area contributed by atoms with Crippen molar-refractivity contribution < 1.29 is 4.79 Å². The minimum absolute atomic E-state index is 0.414. The first-order chi connectivity index (χ1) is 13.0. The Hall–Kier alpha value is -3.48. The molecule has 0 bridgehead atoms. The van der Waals surface area contributed by atoms with Crippen molar-refractivity contribution in [2.24, 2.45) is 23.7 Å². The smallest absolute Gasteiger partial charge is 0.232 e. The number of nitrogens with two attached hydrogens (primary N) is 1. The van der Waals surface area contributed by atoms with Crippen molar-refractivity contribution in [2.75, 3.05) is 0 Å². The number of nitrogens with one attached hydrogen (secondary N) is 2. The maximum atomic E-state index is 11.9. The Kier molecular flexibility index (Phi) is 5.30. The lowest BCUT2D eigenvalue weighted by atomic mass is 9.99. The third-order valence-corrected chi connectivity index (χ3v) is 4.37. The molecule has 0 spiro atoms. The number of aromatic nitrogens is 3. The summed E-state index contributed by atoms with van der Waals surface area (Å²) in [5, 5.41) is 7.68. The van der Waals surface area contributed by atoms with Gasteiger partial charge in [-0.3, -0.25) is 9.79 Å². The predicted molar refractivity (Wildman–Crippen MR) is 105 cm³/mol. The van der Waals surface area contributed by atoms with Crippen molar-refractivity contribution in [3.63, 3.8) is 0 Å². The van der Waals surface area contributed by atoms with Crippen molar-refractivity contribution >= 4 is 17.8 Å². The van der Waals surface area contributed by atoms with Gasteiger partial charge in [-0.2, -0.15) is 0 Å². The van der Waals surface area contributed by atoms with E-state index in [1.165, 1.54) is 0 Å². The number of aryl methyl sites for hydroxylation is 2. The van der Waals surface area contributed by atoms with E-state index in [-0.39, 0.29) is 0 Å². The lowest BCUT2D eigenvalue weighted by Crippen LogP contribution is -2.32. The summed E-state index contributed by atoms with van der Waals surface area (Å²) < 4.78 is 1.90. The molecule has 3 rings (SSSR count). The van der Waals surface area contributed by atoms with Gasteiger partial charge in [0, 0.05) is 31.9 Å². The Labute approximate surface area is 157 Å². The highest BCUT2D eigenvalue weighted by atomic mass is 16.1. The molecule has 0 fully saturated rings. The van der Waals surface area contributed by atoms with E-state index in [2.05, 4.69) is 9.97 Å². The van der Waals surface area contributed by atoms with Crippen LogP contribution in [0.3, 0.4) is 0 Å². The Morgan fingerprint density at radius 2 is 2.19 bits per heavy atom. The monoisotopic (exact) mass is 362 g/mol. The van der Waals surface area contributed by atoms with Gasteiger partial charge in [0.2, 0.25) is 5.91 Å². The minimum Gasteiger partial charge on any atom is -0.369 e. The Morgan fingerprint density at radius 1 is 1.37 bits per heavy atom. The standard InChI is InChI=1S/C20H22N6O/c1-13-5-3-6-14(11-13)17(20-24-9-10-26(20)2)25-18(15(12-21)19(22)27)16-7-4-8-23-16/h3-12,15,17,21,23H,1-2H3,(H2,22,27). The number of imidazole rings is 1. The zero-order valence-electron chi connectivity index (χ0n) is 15.3. The number of aliphatic imine (C=N–C) groups is 1. The van der Waals surface area contributed by atoms with E-state index in [0.29, 0.717) is 11.4 Å². The molecule has 2 heterocycles. The summed E-state index contributed by atoms with van der Waals surface area (Å²) in [6.45, 7) is 2.01. The minimum atomic E-state index is -0.934. The molecule has 1 aromatic carbocycles. The Bertz CT molecular complexity index is 970. The number of H-pyrrole nitrogens is 1. The maximum Gasteiger partial charge on any atom is 0.232 e. The van der Waals surface area contributed by atoms with Crippen LogP contribution in [0.1, 0.15) is 28.7 Å². The molecule has 1 amide bonds. The molecule has 0 saturated heterocycles. The van der Waals surface area contributed by atoms with Crippen LogP contribution in [0.15, 0.2) is 60.0 Å². The lowest BCUT2D eigenvalue weighted by molar-refractivity contribution is -0.118. The average molecular weight is 362 g/mol. The molecule has 138 valence electrons. The molecule has 2 unspecified atom stereocenters. The summed E-state index contributed by atoms with van der Waals surface area (Å²) in [5.74, 6) is -0.824. The number of carbonyl (C=O) groups excluding carboxylic acids is 1. The molecule has 2 atom stereocenters. The van der Waals surface area contributed by atoms with Crippen LogP contribution in [0.25, 0.3) is 0 Å². The average Bonchev–Trinajstić information content (AvgIpc) is 3.30. The number of primary amides is 1. The van der Waals surface area contributed by atoms with Crippen LogP contribution in [0, 0.1) is 18.3 Å². The van der Waals surface area contributed by atoms with Gasteiger partial charge in [-0.15, -0.1) is 0 Å². The third-order valence-electron chi connectivity index (χ3n) is 4.37. The van der Waals surface area contributed by atoms with Gasteiger partial charge in [-0.1, -0.05) is 29.8 Å². The van der Waals surface area contributed by atoms with Gasteiger partial charge in [0.05, 0.1) is 11.4 Å². The normalized spacial score (nSPS) is 13.9. The van der Waals surface area contributed by atoms with Crippen molar-refractivity contribution in [2.45, 2.75) is 13.0 Å². The van der Waals surface area contributed by atoms with E-state index in [9.17, 15) is 4.79 Å². The highest BCUT2D eigenvalue weighted by Gasteiger charge is 2.26. The zero-order valence-corrected chi connectivity index (χ0v) is 15.3. The second-order valence-electron chi connectivity index (χ2n) is 6.36. The van der Waals surface area contributed by atoms with Crippen LogP contribution < -0.4 is 5.73 Å². The number of hydrogen-bond donors (Lipinski definition) is 3. The molecule has 27 heavy (non-hydrogen) atoms. The number of hydrogen-bond acceptors (Lipinski definition) is 4. The first kappa shape index (κ1) is 18.3. The van der Waals surface area contributed by atoms with Crippen LogP contribution in [-0.2, 0) is 11.8 Å². The summed E-state index contributed by atoms with van der Waals surface area (Å²) in [5.41, 5.74) is 8.64. The van der Waals surface area contributed by atoms with Gasteiger partial charge < -0.3 is 20.7 Å². The van der Waals surface area contributed by atoms with Crippen molar-refractivity contribution in [3.8, 4) is 0 Å². The Balaban J connectivity index is 2.21. The second-order valence-corrected chi connectivity index (χ2v) is 6.36.